The Morgan fingerprint density at radius 2 is 2.50 bits per heavy atom. The Kier molecular flexibility index (Phi) is 3.97. The molecule has 2 fully saturated rings. The molecule has 3 nitrogen and oxygen atoms in total. The molecule has 2 aliphatic rings. The molecule has 0 amide bonds. The molecule has 0 bridgehead atoms. The summed E-state index contributed by atoms with van der Waals surface area (Å²) in [6.45, 7) is 1.92. The average molecular weight is 267 g/mol. The van der Waals surface area contributed by atoms with Crippen LogP contribution in [0.15, 0.2) is 22.8 Å². The van der Waals surface area contributed by atoms with Crippen LogP contribution in [0.4, 0.5) is 0 Å². The van der Waals surface area contributed by atoms with E-state index in [1.54, 1.807) is 6.26 Å². The van der Waals surface area contributed by atoms with Crippen molar-refractivity contribution in [1.82, 2.24) is 5.32 Å². The van der Waals surface area contributed by atoms with Gasteiger partial charge in [0.2, 0.25) is 0 Å². The van der Waals surface area contributed by atoms with Crippen molar-refractivity contribution in [2.24, 2.45) is 0 Å². The Morgan fingerprint density at radius 3 is 3.28 bits per heavy atom. The zero-order valence-corrected chi connectivity index (χ0v) is 11.5. The SMILES string of the molecule is c1coc(CCNC2CCOC3(CCSC3)C2)c1. The maximum absolute atomic E-state index is 6.03. The van der Waals surface area contributed by atoms with Gasteiger partial charge in [0.25, 0.3) is 0 Å². The highest BCUT2D eigenvalue weighted by atomic mass is 32.2. The van der Waals surface area contributed by atoms with Crippen molar-refractivity contribution >= 4 is 11.8 Å². The second-order valence-electron chi connectivity index (χ2n) is 5.31. The molecule has 0 aliphatic carbocycles. The lowest BCUT2D eigenvalue weighted by molar-refractivity contribution is -0.0699. The van der Waals surface area contributed by atoms with Gasteiger partial charge in [0.1, 0.15) is 5.76 Å². The highest BCUT2D eigenvalue weighted by Gasteiger charge is 2.40. The minimum Gasteiger partial charge on any atom is -0.469 e. The molecule has 1 aromatic rings. The van der Waals surface area contributed by atoms with E-state index in [1.807, 2.05) is 23.9 Å². The third kappa shape index (κ3) is 2.92. The number of furan rings is 1. The second kappa shape index (κ2) is 5.68. The van der Waals surface area contributed by atoms with Gasteiger partial charge in [0.05, 0.1) is 11.9 Å². The van der Waals surface area contributed by atoms with Crippen molar-refractivity contribution in [2.45, 2.75) is 37.3 Å². The molecule has 100 valence electrons. The molecule has 3 heterocycles. The fourth-order valence-corrected chi connectivity index (χ4v) is 4.30. The van der Waals surface area contributed by atoms with Gasteiger partial charge in [-0.2, -0.15) is 11.8 Å². The van der Waals surface area contributed by atoms with Crippen LogP contribution < -0.4 is 5.32 Å². The van der Waals surface area contributed by atoms with E-state index in [2.05, 4.69) is 5.32 Å². The summed E-state index contributed by atoms with van der Waals surface area (Å²) in [6, 6.07) is 4.61. The molecule has 1 N–H and O–H groups in total. The minimum absolute atomic E-state index is 0.186. The summed E-state index contributed by atoms with van der Waals surface area (Å²) in [5.41, 5.74) is 0.186. The van der Waals surface area contributed by atoms with E-state index in [0.29, 0.717) is 6.04 Å². The summed E-state index contributed by atoms with van der Waals surface area (Å²) in [5, 5.41) is 3.66. The zero-order chi connectivity index (χ0) is 12.3. The maximum atomic E-state index is 6.03. The van der Waals surface area contributed by atoms with Gasteiger partial charge in [-0.05, 0) is 37.1 Å². The van der Waals surface area contributed by atoms with Gasteiger partial charge in [0, 0.05) is 31.4 Å². The van der Waals surface area contributed by atoms with E-state index in [1.165, 1.54) is 24.3 Å². The molecule has 1 spiro atoms. The summed E-state index contributed by atoms with van der Waals surface area (Å²) in [7, 11) is 0. The fraction of sp³-hybridized carbons (Fsp3) is 0.714. The van der Waals surface area contributed by atoms with Crippen LogP contribution in [0, 0.1) is 0 Å². The van der Waals surface area contributed by atoms with Crippen molar-refractivity contribution in [3.8, 4) is 0 Å². The van der Waals surface area contributed by atoms with Gasteiger partial charge >= 0.3 is 0 Å². The average Bonchev–Trinajstić information content (AvgIpc) is 3.02. The number of nitrogens with one attached hydrogen (secondary N) is 1. The molecule has 3 rings (SSSR count). The zero-order valence-electron chi connectivity index (χ0n) is 10.7. The van der Waals surface area contributed by atoms with Gasteiger partial charge in [-0.25, -0.2) is 0 Å². The van der Waals surface area contributed by atoms with Crippen LogP contribution in [0.2, 0.25) is 0 Å². The third-order valence-corrected chi connectivity index (χ3v) is 5.17. The van der Waals surface area contributed by atoms with Gasteiger partial charge in [0.15, 0.2) is 0 Å². The van der Waals surface area contributed by atoms with E-state index < -0.39 is 0 Å². The van der Waals surface area contributed by atoms with Crippen molar-refractivity contribution in [3.63, 3.8) is 0 Å². The summed E-state index contributed by atoms with van der Waals surface area (Å²) >= 11 is 2.04. The Bertz CT molecular complexity index is 360. The molecule has 2 saturated heterocycles. The lowest BCUT2D eigenvalue weighted by atomic mass is 9.90. The van der Waals surface area contributed by atoms with Crippen LogP contribution in [0.3, 0.4) is 0 Å². The number of thioether (sulfide) groups is 1. The van der Waals surface area contributed by atoms with Crippen LogP contribution in [0.5, 0.6) is 0 Å². The molecule has 2 unspecified atom stereocenters. The van der Waals surface area contributed by atoms with Crippen LogP contribution in [-0.2, 0) is 11.2 Å². The van der Waals surface area contributed by atoms with Crippen LogP contribution in [0.25, 0.3) is 0 Å². The molecule has 0 saturated carbocycles. The Labute approximate surface area is 113 Å². The Balaban J connectivity index is 1.45. The molecule has 1 aromatic heterocycles. The first-order chi connectivity index (χ1) is 8.86. The Hall–Kier alpha value is -0.450. The lowest BCUT2D eigenvalue weighted by Crippen LogP contribution is -2.47. The molecule has 4 heteroatoms. The second-order valence-corrected chi connectivity index (χ2v) is 6.41. The normalized spacial score (nSPS) is 32.1. The van der Waals surface area contributed by atoms with Crippen molar-refractivity contribution < 1.29 is 9.15 Å². The van der Waals surface area contributed by atoms with E-state index in [-0.39, 0.29) is 5.60 Å². The van der Waals surface area contributed by atoms with E-state index in [4.69, 9.17) is 9.15 Å². The predicted octanol–water partition coefficient (Wildman–Crippen LogP) is 2.47. The van der Waals surface area contributed by atoms with E-state index in [9.17, 15) is 0 Å². The standard InChI is InChI=1S/C14H21NO2S/c1-2-13(16-7-1)3-6-15-12-4-8-17-14(10-12)5-9-18-11-14/h1-2,7,12,15H,3-6,8-11H2. The minimum atomic E-state index is 0.186. The van der Waals surface area contributed by atoms with Crippen LogP contribution >= 0.6 is 11.8 Å². The highest BCUT2D eigenvalue weighted by molar-refractivity contribution is 7.99. The van der Waals surface area contributed by atoms with Gasteiger partial charge in [-0.1, -0.05) is 0 Å². The topological polar surface area (TPSA) is 34.4 Å². The first-order valence-corrected chi connectivity index (χ1v) is 7.99. The Morgan fingerprint density at radius 1 is 1.50 bits per heavy atom. The lowest BCUT2D eigenvalue weighted by Gasteiger charge is -2.38. The summed E-state index contributed by atoms with van der Waals surface area (Å²) in [4.78, 5) is 0. The molecule has 0 radical (unpaired) electrons. The monoisotopic (exact) mass is 267 g/mol. The predicted molar refractivity (Wildman–Crippen MR) is 74.1 cm³/mol. The van der Waals surface area contributed by atoms with Gasteiger partial charge < -0.3 is 14.5 Å². The molecule has 2 aliphatic heterocycles. The quantitative estimate of drug-likeness (QED) is 0.909. The van der Waals surface area contributed by atoms with E-state index >= 15 is 0 Å². The summed E-state index contributed by atoms with van der Waals surface area (Å²) in [6.07, 6.45) is 6.28. The highest BCUT2D eigenvalue weighted by Crippen LogP contribution is 2.38. The maximum Gasteiger partial charge on any atom is 0.105 e. The van der Waals surface area contributed by atoms with Crippen LogP contribution in [0.1, 0.15) is 25.0 Å². The van der Waals surface area contributed by atoms with Crippen molar-refractivity contribution in [2.75, 3.05) is 24.7 Å². The number of hydrogen-bond acceptors (Lipinski definition) is 4. The smallest absolute Gasteiger partial charge is 0.105 e. The van der Waals surface area contributed by atoms with Crippen LogP contribution in [-0.4, -0.2) is 36.3 Å². The van der Waals surface area contributed by atoms with Gasteiger partial charge in [-0.15, -0.1) is 0 Å². The summed E-state index contributed by atoms with van der Waals surface area (Å²) < 4.78 is 11.4. The molecule has 18 heavy (non-hydrogen) atoms. The van der Waals surface area contributed by atoms with E-state index in [0.717, 1.165) is 31.8 Å². The number of ether oxygens (including phenoxy) is 1. The van der Waals surface area contributed by atoms with Crippen molar-refractivity contribution in [3.05, 3.63) is 24.2 Å². The first-order valence-electron chi connectivity index (χ1n) is 6.84. The molecule has 2 atom stereocenters. The van der Waals surface area contributed by atoms with Gasteiger partial charge in [-0.3, -0.25) is 0 Å². The fourth-order valence-electron chi connectivity index (χ4n) is 2.92. The third-order valence-electron chi connectivity index (χ3n) is 3.94. The summed E-state index contributed by atoms with van der Waals surface area (Å²) in [5.74, 6) is 3.52. The number of rotatable bonds is 4. The largest absolute Gasteiger partial charge is 0.469 e. The molecular weight excluding hydrogens is 246 g/mol. The first kappa shape index (κ1) is 12.6. The van der Waals surface area contributed by atoms with Crippen molar-refractivity contribution in [1.29, 1.82) is 0 Å². The molecule has 0 aromatic carbocycles. The molecular formula is C14H21NO2S. The number of hydrogen-bond donors (Lipinski definition) is 1.